The molecule has 3 heterocycles. The Morgan fingerprint density at radius 2 is 1.78 bits per heavy atom. The second-order valence-corrected chi connectivity index (χ2v) is 10.7. The SMILES string of the molecule is C[C@H]1c2cn(C)nc2N(Cc2ccccc2C2CC2)C(=O)N1C1CCN(c2c(F)cccc2Cl)CC1. The van der Waals surface area contributed by atoms with E-state index >= 15 is 0 Å². The molecule has 0 N–H and O–H groups in total. The number of benzene rings is 2. The van der Waals surface area contributed by atoms with E-state index in [0.717, 1.165) is 24.2 Å². The molecule has 3 aromatic rings. The Bertz CT molecular complexity index is 1280. The molecule has 2 aromatic carbocycles. The van der Waals surface area contributed by atoms with E-state index in [2.05, 4.69) is 31.2 Å². The summed E-state index contributed by atoms with van der Waals surface area (Å²) in [6.45, 7) is 3.90. The third kappa shape index (κ3) is 4.03. The fourth-order valence-electron chi connectivity index (χ4n) is 5.96. The lowest BCUT2D eigenvalue weighted by Crippen LogP contribution is -2.55. The molecule has 1 saturated heterocycles. The minimum Gasteiger partial charge on any atom is -0.368 e. The smallest absolute Gasteiger partial charge is 0.326 e. The zero-order chi connectivity index (χ0) is 25.0. The molecular weight excluding hydrogens is 477 g/mol. The first-order valence-electron chi connectivity index (χ1n) is 12.8. The second kappa shape index (κ2) is 9.11. The van der Waals surface area contributed by atoms with Crippen molar-refractivity contribution in [1.29, 1.82) is 0 Å². The van der Waals surface area contributed by atoms with Crippen LogP contribution in [-0.4, -0.2) is 39.8 Å². The van der Waals surface area contributed by atoms with Crippen LogP contribution in [0.1, 0.15) is 61.3 Å². The van der Waals surface area contributed by atoms with Crippen molar-refractivity contribution >= 4 is 29.1 Å². The maximum absolute atomic E-state index is 14.5. The van der Waals surface area contributed by atoms with Crippen LogP contribution < -0.4 is 9.80 Å². The lowest BCUT2D eigenvalue weighted by Gasteiger charge is -2.46. The number of urea groups is 1. The minimum atomic E-state index is -0.302. The minimum absolute atomic E-state index is 0.00155. The topological polar surface area (TPSA) is 44.6 Å². The van der Waals surface area contributed by atoms with Gasteiger partial charge in [-0.25, -0.2) is 9.18 Å². The first-order chi connectivity index (χ1) is 17.4. The molecule has 8 heteroatoms. The van der Waals surface area contributed by atoms with E-state index in [1.54, 1.807) is 16.8 Å². The summed E-state index contributed by atoms with van der Waals surface area (Å²) in [4.78, 5) is 20.0. The van der Waals surface area contributed by atoms with Gasteiger partial charge < -0.3 is 9.80 Å². The maximum Gasteiger partial charge on any atom is 0.326 e. The predicted molar refractivity (Wildman–Crippen MR) is 140 cm³/mol. The Balaban J connectivity index is 1.27. The fraction of sp³-hybridized carbons (Fsp3) is 0.429. The second-order valence-electron chi connectivity index (χ2n) is 10.3. The lowest BCUT2D eigenvalue weighted by molar-refractivity contribution is 0.136. The number of anilines is 2. The number of aromatic nitrogens is 2. The standard InChI is InChI=1S/C28H31ClFN5O/c1-18-23-17-32(2)31-27(23)34(16-20-6-3-4-7-22(20)19-10-11-19)28(36)35(18)21-12-14-33(15-13-21)26-24(29)8-5-9-25(26)30/h3-9,17-19,21H,10-16H2,1-2H3/t18-/m0/s1. The van der Waals surface area contributed by atoms with E-state index in [0.29, 0.717) is 36.3 Å². The zero-order valence-electron chi connectivity index (χ0n) is 20.7. The number of fused-ring (bicyclic) bond motifs is 1. The molecule has 6 rings (SSSR count). The van der Waals surface area contributed by atoms with Crippen molar-refractivity contribution in [2.45, 2.75) is 57.2 Å². The van der Waals surface area contributed by atoms with Crippen molar-refractivity contribution in [2.24, 2.45) is 7.05 Å². The number of carbonyl (C=O) groups is 1. The van der Waals surface area contributed by atoms with Gasteiger partial charge in [0.05, 0.1) is 23.3 Å². The van der Waals surface area contributed by atoms with Crippen LogP contribution in [0.4, 0.5) is 20.7 Å². The molecule has 2 aliphatic heterocycles. The molecule has 0 radical (unpaired) electrons. The summed E-state index contributed by atoms with van der Waals surface area (Å²) in [6, 6.07) is 13.3. The summed E-state index contributed by atoms with van der Waals surface area (Å²) in [5, 5.41) is 5.13. The van der Waals surface area contributed by atoms with Crippen LogP contribution >= 0.6 is 11.6 Å². The number of hydrogen-bond acceptors (Lipinski definition) is 3. The first kappa shape index (κ1) is 23.3. The van der Waals surface area contributed by atoms with Crippen LogP contribution in [0.25, 0.3) is 0 Å². The number of hydrogen-bond donors (Lipinski definition) is 0. The Hall–Kier alpha value is -3.06. The maximum atomic E-state index is 14.5. The highest BCUT2D eigenvalue weighted by molar-refractivity contribution is 6.33. The normalized spacial score (nSPS) is 20.7. The van der Waals surface area contributed by atoms with Crippen LogP contribution in [0.5, 0.6) is 0 Å². The van der Waals surface area contributed by atoms with Crippen LogP contribution in [-0.2, 0) is 13.6 Å². The highest BCUT2D eigenvalue weighted by atomic mass is 35.5. The first-order valence-corrected chi connectivity index (χ1v) is 13.2. The fourth-order valence-corrected chi connectivity index (χ4v) is 6.24. The molecule has 0 unspecified atom stereocenters. The number of para-hydroxylation sites is 1. The number of halogens is 2. The van der Waals surface area contributed by atoms with Crippen molar-refractivity contribution < 1.29 is 9.18 Å². The van der Waals surface area contributed by atoms with Crippen LogP contribution in [0.3, 0.4) is 0 Å². The molecule has 3 aliphatic rings. The molecule has 1 aromatic heterocycles. The van der Waals surface area contributed by atoms with Gasteiger partial charge in [-0.1, -0.05) is 41.9 Å². The molecule has 2 fully saturated rings. The number of rotatable bonds is 5. The van der Waals surface area contributed by atoms with Crippen molar-refractivity contribution in [3.05, 3.63) is 76.2 Å². The molecule has 6 nitrogen and oxygen atoms in total. The van der Waals surface area contributed by atoms with E-state index in [1.165, 1.54) is 30.0 Å². The summed E-state index contributed by atoms with van der Waals surface area (Å²) in [7, 11) is 1.91. The third-order valence-corrected chi connectivity index (χ3v) is 8.23. The lowest BCUT2D eigenvalue weighted by atomic mass is 9.97. The van der Waals surface area contributed by atoms with Gasteiger partial charge in [0, 0.05) is 37.9 Å². The molecule has 36 heavy (non-hydrogen) atoms. The highest BCUT2D eigenvalue weighted by Gasteiger charge is 2.42. The number of piperidine rings is 1. The molecule has 0 spiro atoms. The summed E-state index contributed by atoms with van der Waals surface area (Å²) in [5.41, 5.74) is 4.08. The van der Waals surface area contributed by atoms with Gasteiger partial charge in [0.1, 0.15) is 5.82 Å². The largest absolute Gasteiger partial charge is 0.368 e. The quantitative estimate of drug-likeness (QED) is 0.409. The van der Waals surface area contributed by atoms with Gasteiger partial charge >= 0.3 is 6.03 Å². The summed E-state index contributed by atoms with van der Waals surface area (Å²) >= 11 is 6.33. The number of carbonyl (C=O) groups excluding carboxylic acids is 1. The molecule has 188 valence electrons. The van der Waals surface area contributed by atoms with Crippen molar-refractivity contribution in [1.82, 2.24) is 14.7 Å². The molecule has 1 aliphatic carbocycles. The van der Waals surface area contributed by atoms with E-state index in [1.807, 2.05) is 27.9 Å². The Labute approximate surface area is 216 Å². The van der Waals surface area contributed by atoms with Crippen molar-refractivity contribution in [2.75, 3.05) is 22.9 Å². The van der Waals surface area contributed by atoms with Gasteiger partial charge in [-0.2, -0.15) is 5.10 Å². The van der Waals surface area contributed by atoms with E-state index in [-0.39, 0.29) is 23.9 Å². The average Bonchev–Trinajstić information content (AvgIpc) is 3.63. The Kier molecular flexibility index (Phi) is 5.91. The van der Waals surface area contributed by atoms with E-state index in [9.17, 15) is 9.18 Å². The number of nitrogens with zero attached hydrogens (tertiary/aromatic N) is 5. The van der Waals surface area contributed by atoms with Gasteiger partial charge in [-0.15, -0.1) is 0 Å². The average molecular weight is 508 g/mol. The zero-order valence-corrected chi connectivity index (χ0v) is 21.5. The van der Waals surface area contributed by atoms with Crippen LogP contribution in [0, 0.1) is 5.82 Å². The number of aryl methyl sites for hydroxylation is 1. The van der Waals surface area contributed by atoms with Crippen molar-refractivity contribution in [3.8, 4) is 0 Å². The summed E-state index contributed by atoms with van der Waals surface area (Å²) in [5.74, 6) is 1.06. The molecule has 1 atom stereocenters. The van der Waals surface area contributed by atoms with Gasteiger partial charge in [-0.3, -0.25) is 9.58 Å². The molecular formula is C28H31ClFN5O. The Morgan fingerprint density at radius 3 is 2.50 bits per heavy atom. The van der Waals surface area contributed by atoms with E-state index in [4.69, 9.17) is 16.7 Å². The Morgan fingerprint density at radius 1 is 1.03 bits per heavy atom. The molecule has 0 bridgehead atoms. The highest BCUT2D eigenvalue weighted by Crippen LogP contribution is 2.44. The third-order valence-electron chi connectivity index (χ3n) is 7.92. The van der Waals surface area contributed by atoms with E-state index < -0.39 is 0 Å². The summed E-state index contributed by atoms with van der Waals surface area (Å²) < 4.78 is 16.3. The van der Waals surface area contributed by atoms with Crippen molar-refractivity contribution in [3.63, 3.8) is 0 Å². The molecule has 1 saturated carbocycles. The monoisotopic (exact) mass is 507 g/mol. The van der Waals surface area contributed by atoms with Gasteiger partial charge in [0.2, 0.25) is 0 Å². The van der Waals surface area contributed by atoms with Gasteiger partial charge in [-0.05, 0) is 61.8 Å². The van der Waals surface area contributed by atoms with Crippen LogP contribution in [0.2, 0.25) is 5.02 Å². The van der Waals surface area contributed by atoms with Gasteiger partial charge in [0.15, 0.2) is 5.82 Å². The van der Waals surface area contributed by atoms with Crippen LogP contribution in [0.15, 0.2) is 48.7 Å². The summed E-state index contributed by atoms with van der Waals surface area (Å²) in [6.07, 6.45) is 5.97. The molecule has 2 amide bonds. The number of amides is 2. The van der Waals surface area contributed by atoms with Gasteiger partial charge in [0.25, 0.3) is 0 Å². The predicted octanol–water partition coefficient (Wildman–Crippen LogP) is 6.26.